The van der Waals surface area contributed by atoms with Crippen LogP contribution < -0.4 is 0 Å². The maximum atomic E-state index is 10.2. The Morgan fingerprint density at radius 2 is 1.75 bits per heavy atom. The quantitative estimate of drug-likeness (QED) is 0.539. The van der Waals surface area contributed by atoms with Crippen molar-refractivity contribution in [2.75, 3.05) is 6.61 Å². The predicted molar refractivity (Wildman–Crippen MR) is 86.0 cm³/mol. The molecule has 24 heavy (non-hydrogen) atoms. The van der Waals surface area contributed by atoms with Crippen molar-refractivity contribution in [1.82, 2.24) is 0 Å². The Morgan fingerprint density at radius 3 is 2.46 bits per heavy atom. The Morgan fingerprint density at radius 1 is 1.04 bits per heavy atom. The fraction of sp³-hybridized carbons (Fsp3) is 0.444. The number of hydrogen-bond acceptors (Lipinski definition) is 5. The van der Waals surface area contributed by atoms with Gasteiger partial charge in [0.2, 0.25) is 0 Å². The first kappa shape index (κ1) is 20.3. The Balaban J connectivity index is 0.00000208. The van der Waals surface area contributed by atoms with Crippen LogP contribution in [0.25, 0.3) is 10.8 Å². The number of rotatable bonds is 4. The number of benzene rings is 2. The van der Waals surface area contributed by atoms with Crippen molar-refractivity contribution in [3.8, 4) is 0 Å². The standard InChI is InChI=1S/C18H22O5.Ac/c1-11-16(20)18(17(21)15(9-19)23-11)22-10-12-6-7-13-4-2-3-5-14(13)8-12;/h2-8,11,15-21H,9-10H2,1H3;/t11-,15?,16?,17+,18+;/m0./s1. The van der Waals surface area contributed by atoms with Gasteiger partial charge in [0, 0.05) is 44.1 Å². The SMILES string of the molecule is C[C@@H]1OC(CO)[C@@H](O)[C@H](OCc2ccc3ccccc3c2)C1O.[Ac]. The normalized spacial score (nSPS) is 30.1. The van der Waals surface area contributed by atoms with Crippen LogP contribution in [0, 0.1) is 44.1 Å². The van der Waals surface area contributed by atoms with Gasteiger partial charge >= 0.3 is 0 Å². The van der Waals surface area contributed by atoms with Gasteiger partial charge in [-0.25, -0.2) is 0 Å². The van der Waals surface area contributed by atoms with Gasteiger partial charge in [-0.1, -0.05) is 36.4 Å². The minimum absolute atomic E-state index is 0. The summed E-state index contributed by atoms with van der Waals surface area (Å²) in [5.41, 5.74) is 0.961. The van der Waals surface area contributed by atoms with E-state index in [2.05, 4.69) is 0 Å². The Labute approximate surface area is 177 Å². The van der Waals surface area contributed by atoms with Crippen LogP contribution in [0.4, 0.5) is 0 Å². The molecule has 1 heterocycles. The van der Waals surface area contributed by atoms with E-state index in [4.69, 9.17) is 9.47 Å². The average Bonchev–Trinajstić information content (AvgIpc) is 2.58. The van der Waals surface area contributed by atoms with Crippen molar-refractivity contribution in [2.45, 2.75) is 44.1 Å². The molecule has 5 nitrogen and oxygen atoms in total. The maximum Gasteiger partial charge on any atom is 0.115 e. The molecule has 6 heteroatoms. The fourth-order valence-electron chi connectivity index (χ4n) is 2.99. The molecule has 1 aliphatic heterocycles. The van der Waals surface area contributed by atoms with Crippen molar-refractivity contribution >= 4 is 10.8 Å². The molecule has 0 aromatic heterocycles. The topological polar surface area (TPSA) is 79.2 Å². The van der Waals surface area contributed by atoms with E-state index >= 15 is 0 Å². The number of ether oxygens (including phenoxy) is 2. The first-order valence-electron chi connectivity index (χ1n) is 7.82. The molecule has 2 aromatic carbocycles. The second-order valence-corrected chi connectivity index (χ2v) is 6.00. The number of aliphatic hydroxyl groups excluding tert-OH is 3. The van der Waals surface area contributed by atoms with Crippen LogP contribution >= 0.6 is 0 Å². The van der Waals surface area contributed by atoms with Crippen molar-refractivity contribution in [2.24, 2.45) is 0 Å². The van der Waals surface area contributed by atoms with Crippen molar-refractivity contribution in [3.63, 3.8) is 0 Å². The van der Waals surface area contributed by atoms with Gasteiger partial charge in [-0.2, -0.15) is 0 Å². The van der Waals surface area contributed by atoms with Crippen LogP contribution in [0.2, 0.25) is 0 Å². The molecule has 3 N–H and O–H groups in total. The molecule has 2 aromatic rings. The molecular weight excluding hydrogens is 523 g/mol. The van der Waals surface area contributed by atoms with Gasteiger partial charge in [0.05, 0.1) is 19.3 Å². The van der Waals surface area contributed by atoms with Crippen LogP contribution in [-0.2, 0) is 16.1 Å². The molecule has 2 unspecified atom stereocenters. The van der Waals surface area contributed by atoms with Gasteiger partial charge in [-0.3, -0.25) is 0 Å². The van der Waals surface area contributed by atoms with E-state index in [1.807, 2.05) is 42.5 Å². The third-order valence-electron chi connectivity index (χ3n) is 4.36. The molecule has 1 radical (unpaired) electrons. The summed E-state index contributed by atoms with van der Waals surface area (Å²) in [6.45, 7) is 1.66. The molecular formula is C18H22AcO5. The van der Waals surface area contributed by atoms with Gasteiger partial charge in [0.25, 0.3) is 0 Å². The molecule has 0 amide bonds. The third-order valence-corrected chi connectivity index (χ3v) is 4.36. The van der Waals surface area contributed by atoms with Gasteiger partial charge in [0.1, 0.15) is 24.4 Å². The fourth-order valence-corrected chi connectivity index (χ4v) is 2.99. The zero-order chi connectivity index (χ0) is 16.4. The van der Waals surface area contributed by atoms with Gasteiger partial charge in [0.15, 0.2) is 0 Å². The van der Waals surface area contributed by atoms with Crippen molar-refractivity contribution < 1.29 is 68.9 Å². The zero-order valence-electron chi connectivity index (χ0n) is 13.6. The molecule has 0 spiro atoms. The first-order chi connectivity index (χ1) is 11.1. The second kappa shape index (κ2) is 9.05. The van der Waals surface area contributed by atoms with Crippen LogP contribution in [0.3, 0.4) is 0 Å². The summed E-state index contributed by atoms with van der Waals surface area (Å²) < 4.78 is 11.1. The summed E-state index contributed by atoms with van der Waals surface area (Å²) in [4.78, 5) is 0. The monoisotopic (exact) mass is 545 g/mol. The molecule has 5 atom stereocenters. The van der Waals surface area contributed by atoms with Gasteiger partial charge in [-0.05, 0) is 29.3 Å². The summed E-state index contributed by atoms with van der Waals surface area (Å²) in [6, 6.07) is 14.0. The van der Waals surface area contributed by atoms with E-state index < -0.39 is 30.5 Å². The van der Waals surface area contributed by atoms with Crippen LogP contribution in [0.5, 0.6) is 0 Å². The molecule has 3 rings (SSSR count). The zero-order valence-corrected chi connectivity index (χ0v) is 18.3. The predicted octanol–water partition coefficient (Wildman–Crippen LogP) is 1.23. The van der Waals surface area contributed by atoms with E-state index in [1.54, 1.807) is 6.92 Å². The maximum absolute atomic E-state index is 10.2. The van der Waals surface area contributed by atoms with Crippen molar-refractivity contribution in [3.05, 3.63) is 48.0 Å². The average molecular weight is 545 g/mol. The Kier molecular flexibility index (Phi) is 7.64. The molecule has 0 bridgehead atoms. The summed E-state index contributed by atoms with van der Waals surface area (Å²) in [7, 11) is 0. The van der Waals surface area contributed by atoms with Crippen molar-refractivity contribution in [1.29, 1.82) is 0 Å². The smallest absolute Gasteiger partial charge is 0.115 e. The molecule has 0 saturated carbocycles. The van der Waals surface area contributed by atoms with Crippen LogP contribution in [0.15, 0.2) is 42.5 Å². The molecule has 1 saturated heterocycles. The summed E-state index contributed by atoms with van der Waals surface area (Å²) in [6.07, 6.45) is -4.03. The van der Waals surface area contributed by atoms with E-state index in [1.165, 1.54) is 0 Å². The summed E-state index contributed by atoms with van der Waals surface area (Å²) in [5.74, 6) is 0. The first-order valence-corrected chi connectivity index (χ1v) is 7.82. The molecule has 1 fully saturated rings. The third kappa shape index (κ3) is 4.37. The minimum Gasteiger partial charge on any atom is -0.394 e. The molecule has 1 aliphatic rings. The Bertz CT molecular complexity index is 665. The van der Waals surface area contributed by atoms with Gasteiger partial charge in [-0.15, -0.1) is 0 Å². The number of fused-ring (bicyclic) bond motifs is 1. The summed E-state index contributed by atoms with van der Waals surface area (Å²) >= 11 is 0. The van der Waals surface area contributed by atoms with Crippen LogP contribution in [-0.4, -0.2) is 52.4 Å². The second-order valence-electron chi connectivity index (χ2n) is 6.00. The van der Waals surface area contributed by atoms with E-state index in [-0.39, 0.29) is 57.3 Å². The minimum atomic E-state index is -1.06. The number of hydrogen-bond donors (Lipinski definition) is 3. The largest absolute Gasteiger partial charge is 0.394 e. The van der Waals surface area contributed by atoms with Crippen LogP contribution in [0.1, 0.15) is 12.5 Å². The van der Waals surface area contributed by atoms with Gasteiger partial charge < -0.3 is 24.8 Å². The number of aliphatic hydroxyl groups is 3. The molecule has 127 valence electrons. The van der Waals surface area contributed by atoms with E-state index in [9.17, 15) is 15.3 Å². The Hall–Kier alpha value is -0.0584. The van der Waals surface area contributed by atoms with E-state index in [0.29, 0.717) is 0 Å². The van der Waals surface area contributed by atoms with E-state index in [0.717, 1.165) is 16.3 Å². The molecule has 0 aliphatic carbocycles. The summed E-state index contributed by atoms with van der Waals surface area (Å²) in [5, 5.41) is 31.9.